The van der Waals surface area contributed by atoms with Gasteiger partial charge in [0, 0.05) is 31.1 Å². The summed E-state index contributed by atoms with van der Waals surface area (Å²) in [6, 6.07) is 19.0. The first-order valence-corrected chi connectivity index (χ1v) is 14.8. The number of ether oxygens (including phenoxy) is 1. The molecule has 2 rings (SSSR count). The van der Waals surface area contributed by atoms with Gasteiger partial charge in [0.05, 0.1) is 6.42 Å². The molecular weight excluding hydrogens is 452 g/mol. The topological polar surface area (TPSA) is 54.0 Å². The number of thioether (sulfide) groups is 1. The highest BCUT2D eigenvalue weighted by Gasteiger charge is 2.39. The molecule has 2 aromatic carbocycles. The minimum Gasteiger partial charge on any atom is -0.461 e. The molecule has 0 aliphatic heterocycles. The molecule has 0 spiro atoms. The SMILES string of the molecule is CCO[Si](CCCSC(CC(=O)OCc1ccccc1)c1ccc(C)cc1)(OCC)OCC. The van der Waals surface area contributed by atoms with E-state index in [0.717, 1.165) is 29.3 Å². The molecule has 0 bridgehead atoms. The number of hydrogen-bond donors (Lipinski definition) is 0. The molecule has 7 heteroatoms. The van der Waals surface area contributed by atoms with Crippen LogP contribution in [-0.4, -0.2) is 40.3 Å². The van der Waals surface area contributed by atoms with Gasteiger partial charge in [0.25, 0.3) is 0 Å². The summed E-state index contributed by atoms with van der Waals surface area (Å²) in [5, 5.41) is 0.0382. The van der Waals surface area contributed by atoms with Crippen molar-refractivity contribution in [2.45, 2.75) is 58.4 Å². The molecule has 0 N–H and O–H groups in total. The number of rotatable bonds is 16. The Labute approximate surface area is 204 Å². The van der Waals surface area contributed by atoms with Crippen LogP contribution in [-0.2, 0) is 29.4 Å². The van der Waals surface area contributed by atoms with Gasteiger partial charge in [-0.05, 0) is 51.0 Å². The lowest BCUT2D eigenvalue weighted by molar-refractivity contribution is -0.144. The molecule has 0 aromatic heterocycles. The zero-order chi connectivity index (χ0) is 23.9. The molecule has 1 unspecified atom stereocenters. The van der Waals surface area contributed by atoms with Crippen LogP contribution >= 0.6 is 11.8 Å². The first-order valence-electron chi connectivity index (χ1n) is 11.8. The van der Waals surface area contributed by atoms with Crippen LogP contribution in [0.3, 0.4) is 0 Å². The Morgan fingerprint density at radius 1 is 0.909 bits per heavy atom. The molecule has 0 saturated heterocycles. The van der Waals surface area contributed by atoms with E-state index in [9.17, 15) is 4.79 Å². The van der Waals surface area contributed by atoms with E-state index in [1.165, 1.54) is 5.56 Å². The third-order valence-corrected chi connectivity index (χ3v) is 9.60. The molecule has 2 aromatic rings. The minimum absolute atomic E-state index is 0.0382. The summed E-state index contributed by atoms with van der Waals surface area (Å²) in [4.78, 5) is 12.6. The summed E-state index contributed by atoms with van der Waals surface area (Å²) in [6.45, 7) is 10.0. The standard InChI is InChI=1S/C26H38O5SSi/c1-5-29-33(30-6-2,31-7-3)19-11-18-32-25(24-16-14-22(4)15-17-24)20-26(27)28-21-23-12-9-8-10-13-23/h8-10,12-17,25H,5-7,11,18-21H2,1-4H3. The van der Waals surface area contributed by atoms with Gasteiger partial charge >= 0.3 is 14.8 Å². The van der Waals surface area contributed by atoms with E-state index >= 15 is 0 Å². The third kappa shape index (κ3) is 10.0. The smallest absolute Gasteiger partial charge is 0.461 e. The first-order chi connectivity index (χ1) is 16.0. The summed E-state index contributed by atoms with van der Waals surface area (Å²) in [7, 11) is -2.64. The summed E-state index contributed by atoms with van der Waals surface area (Å²) >= 11 is 1.78. The van der Waals surface area contributed by atoms with Crippen molar-refractivity contribution in [1.29, 1.82) is 0 Å². The van der Waals surface area contributed by atoms with Crippen molar-refractivity contribution < 1.29 is 22.8 Å². The van der Waals surface area contributed by atoms with E-state index in [-0.39, 0.29) is 11.2 Å². The molecule has 0 fully saturated rings. The number of carbonyl (C=O) groups excluding carboxylic acids is 1. The monoisotopic (exact) mass is 490 g/mol. The van der Waals surface area contributed by atoms with Gasteiger partial charge in [-0.25, -0.2) is 0 Å². The Balaban J connectivity index is 1.96. The molecular formula is C26H38O5SSi. The van der Waals surface area contributed by atoms with E-state index in [0.29, 0.717) is 32.8 Å². The van der Waals surface area contributed by atoms with Crippen molar-refractivity contribution in [2.24, 2.45) is 0 Å². The zero-order valence-corrected chi connectivity index (χ0v) is 22.2. The van der Waals surface area contributed by atoms with E-state index in [2.05, 4.69) is 31.2 Å². The van der Waals surface area contributed by atoms with Gasteiger partial charge in [0.15, 0.2) is 0 Å². The summed E-state index contributed by atoms with van der Waals surface area (Å²) in [5.74, 6) is 0.700. The second kappa shape index (κ2) is 15.3. The fourth-order valence-corrected chi connectivity index (χ4v) is 7.59. The lowest BCUT2D eigenvalue weighted by atomic mass is 10.1. The van der Waals surface area contributed by atoms with Gasteiger partial charge in [0.2, 0.25) is 0 Å². The van der Waals surface area contributed by atoms with Crippen LogP contribution in [0.2, 0.25) is 6.04 Å². The normalized spacial score (nSPS) is 12.5. The molecule has 0 radical (unpaired) electrons. The predicted molar refractivity (Wildman–Crippen MR) is 137 cm³/mol. The maximum Gasteiger partial charge on any atom is 0.500 e. The Kier molecular flexibility index (Phi) is 12.8. The Hall–Kier alpha value is -1.64. The molecule has 33 heavy (non-hydrogen) atoms. The second-order valence-corrected chi connectivity index (χ2v) is 11.7. The van der Waals surface area contributed by atoms with Gasteiger partial charge in [0.1, 0.15) is 6.61 Å². The van der Waals surface area contributed by atoms with Crippen molar-refractivity contribution in [3.05, 3.63) is 71.3 Å². The van der Waals surface area contributed by atoms with Crippen LogP contribution in [0.15, 0.2) is 54.6 Å². The summed E-state index contributed by atoms with van der Waals surface area (Å²) in [6.07, 6.45) is 1.24. The number of benzene rings is 2. The van der Waals surface area contributed by atoms with Crippen molar-refractivity contribution in [2.75, 3.05) is 25.6 Å². The molecule has 0 saturated carbocycles. The average molecular weight is 491 g/mol. The van der Waals surface area contributed by atoms with Crippen molar-refractivity contribution in [1.82, 2.24) is 0 Å². The number of carbonyl (C=O) groups is 1. The Morgan fingerprint density at radius 2 is 1.52 bits per heavy atom. The van der Waals surface area contributed by atoms with Gasteiger partial charge in [-0.2, -0.15) is 11.8 Å². The van der Waals surface area contributed by atoms with Crippen LogP contribution in [0.5, 0.6) is 0 Å². The predicted octanol–water partition coefficient (Wildman–Crippen LogP) is 6.34. The van der Waals surface area contributed by atoms with E-state index in [1.807, 2.05) is 51.1 Å². The largest absolute Gasteiger partial charge is 0.500 e. The third-order valence-electron chi connectivity index (χ3n) is 5.08. The van der Waals surface area contributed by atoms with Gasteiger partial charge in [-0.3, -0.25) is 4.79 Å². The lowest BCUT2D eigenvalue weighted by Crippen LogP contribution is -2.46. The number of hydrogen-bond acceptors (Lipinski definition) is 6. The lowest BCUT2D eigenvalue weighted by Gasteiger charge is -2.28. The van der Waals surface area contributed by atoms with Crippen molar-refractivity contribution in [3.8, 4) is 0 Å². The van der Waals surface area contributed by atoms with Crippen molar-refractivity contribution >= 4 is 26.5 Å². The highest BCUT2D eigenvalue weighted by atomic mass is 32.2. The molecule has 1 atom stereocenters. The molecule has 0 amide bonds. The van der Waals surface area contributed by atoms with E-state index < -0.39 is 8.80 Å². The van der Waals surface area contributed by atoms with Gasteiger partial charge < -0.3 is 18.0 Å². The molecule has 5 nitrogen and oxygen atoms in total. The van der Waals surface area contributed by atoms with Crippen LogP contribution < -0.4 is 0 Å². The Morgan fingerprint density at radius 3 is 2.09 bits per heavy atom. The number of esters is 1. The second-order valence-electron chi connectivity index (χ2n) is 7.71. The molecule has 182 valence electrons. The van der Waals surface area contributed by atoms with Gasteiger partial charge in [-0.15, -0.1) is 0 Å². The zero-order valence-electron chi connectivity index (χ0n) is 20.4. The van der Waals surface area contributed by atoms with E-state index in [4.69, 9.17) is 18.0 Å². The van der Waals surface area contributed by atoms with Crippen LogP contribution in [0, 0.1) is 6.92 Å². The fourth-order valence-electron chi connectivity index (χ4n) is 3.52. The number of aryl methyl sites for hydroxylation is 1. The highest BCUT2D eigenvalue weighted by Crippen LogP contribution is 2.34. The maximum absolute atomic E-state index is 12.6. The Bertz CT molecular complexity index is 783. The molecule has 0 heterocycles. The molecule has 0 aliphatic rings. The summed E-state index contributed by atoms with van der Waals surface area (Å²) in [5.41, 5.74) is 3.34. The van der Waals surface area contributed by atoms with Crippen LogP contribution in [0.25, 0.3) is 0 Å². The highest BCUT2D eigenvalue weighted by molar-refractivity contribution is 7.99. The van der Waals surface area contributed by atoms with E-state index in [1.54, 1.807) is 11.8 Å². The first kappa shape index (κ1) is 27.6. The van der Waals surface area contributed by atoms with Gasteiger partial charge in [-0.1, -0.05) is 60.2 Å². The van der Waals surface area contributed by atoms with Crippen LogP contribution in [0.1, 0.15) is 55.6 Å². The quantitative estimate of drug-likeness (QED) is 0.155. The molecule has 0 aliphatic carbocycles. The van der Waals surface area contributed by atoms with Crippen molar-refractivity contribution in [3.63, 3.8) is 0 Å². The minimum atomic E-state index is -2.64. The fraction of sp³-hybridized carbons (Fsp3) is 0.500. The average Bonchev–Trinajstić information content (AvgIpc) is 2.81. The summed E-state index contributed by atoms with van der Waals surface area (Å²) < 4.78 is 23.4. The maximum atomic E-state index is 12.6. The van der Waals surface area contributed by atoms with Crippen LogP contribution in [0.4, 0.5) is 0 Å².